The summed E-state index contributed by atoms with van der Waals surface area (Å²) in [6, 6.07) is 7.03. The first-order valence-electron chi connectivity index (χ1n) is 8.11. The number of amides is 1. The number of alkyl halides is 2. The van der Waals surface area contributed by atoms with E-state index in [1.807, 2.05) is 4.90 Å². The Morgan fingerprint density at radius 2 is 1.87 bits per heavy atom. The molecule has 0 aliphatic carbocycles. The first-order chi connectivity index (χ1) is 11.0. The van der Waals surface area contributed by atoms with E-state index in [0.29, 0.717) is 11.6 Å². The monoisotopic (exact) mass is 324 g/mol. The fourth-order valence-corrected chi connectivity index (χ4v) is 3.52. The van der Waals surface area contributed by atoms with E-state index in [4.69, 9.17) is 0 Å². The Morgan fingerprint density at radius 1 is 1.26 bits per heavy atom. The molecule has 1 aromatic carbocycles. The summed E-state index contributed by atoms with van der Waals surface area (Å²) in [4.78, 5) is 17.0. The lowest BCUT2D eigenvalue weighted by molar-refractivity contribution is -0.0587. The number of piperidine rings is 1. The van der Waals surface area contributed by atoms with Gasteiger partial charge in [-0.3, -0.25) is 9.69 Å². The smallest absolute Gasteiger partial charge is 0.387 e. The highest BCUT2D eigenvalue weighted by molar-refractivity contribution is 5.95. The minimum atomic E-state index is -2.85. The number of ether oxygens (including phenoxy) is 1. The number of benzene rings is 1. The second-order valence-corrected chi connectivity index (χ2v) is 6.37. The van der Waals surface area contributed by atoms with E-state index in [-0.39, 0.29) is 23.7 Å². The summed E-state index contributed by atoms with van der Waals surface area (Å²) in [5.74, 6) is 0.0574. The van der Waals surface area contributed by atoms with Crippen molar-refractivity contribution in [3.8, 4) is 5.75 Å². The van der Waals surface area contributed by atoms with Gasteiger partial charge in [0.2, 0.25) is 0 Å². The Kier molecular flexibility index (Phi) is 4.53. The molecule has 1 amide bonds. The van der Waals surface area contributed by atoms with E-state index in [1.54, 1.807) is 12.1 Å². The Bertz CT molecular complexity index is 552. The van der Waals surface area contributed by atoms with Crippen LogP contribution in [0.5, 0.6) is 5.75 Å². The Balaban J connectivity index is 1.64. The number of carbonyl (C=O) groups excluding carboxylic acids is 1. The summed E-state index contributed by atoms with van der Waals surface area (Å²) >= 11 is 0. The molecule has 0 N–H and O–H groups in total. The lowest BCUT2D eigenvalue weighted by Gasteiger charge is -2.57. The van der Waals surface area contributed by atoms with Crippen LogP contribution in [0, 0.1) is 0 Å². The Labute approximate surface area is 135 Å². The van der Waals surface area contributed by atoms with Gasteiger partial charge >= 0.3 is 6.61 Å². The SMILES string of the molecule is CCC(C)N1CC2CC(C1)N2C(=O)c1ccc(OC(F)F)cc1. The van der Waals surface area contributed by atoms with Crippen molar-refractivity contribution < 1.29 is 18.3 Å². The Hall–Kier alpha value is -1.69. The molecule has 126 valence electrons. The summed E-state index contributed by atoms with van der Waals surface area (Å²) in [6.07, 6.45) is 2.17. The van der Waals surface area contributed by atoms with Gasteiger partial charge in [0, 0.05) is 36.8 Å². The fourth-order valence-electron chi connectivity index (χ4n) is 3.52. The van der Waals surface area contributed by atoms with Crippen LogP contribution in [-0.4, -0.2) is 53.5 Å². The molecule has 0 spiro atoms. The quantitative estimate of drug-likeness (QED) is 0.835. The number of nitrogens with zero attached hydrogens (tertiary/aromatic N) is 2. The maximum atomic E-state index is 12.6. The average Bonchev–Trinajstić information content (AvgIpc) is 2.54. The highest BCUT2D eigenvalue weighted by Crippen LogP contribution is 2.35. The van der Waals surface area contributed by atoms with Crippen LogP contribution in [0.2, 0.25) is 0 Å². The average molecular weight is 324 g/mol. The highest BCUT2D eigenvalue weighted by Gasteiger charge is 2.47. The normalized spacial score (nSPS) is 25.2. The van der Waals surface area contributed by atoms with E-state index < -0.39 is 6.61 Å². The van der Waals surface area contributed by atoms with Crippen LogP contribution in [0.15, 0.2) is 24.3 Å². The van der Waals surface area contributed by atoms with Crippen LogP contribution < -0.4 is 4.74 Å². The van der Waals surface area contributed by atoms with E-state index >= 15 is 0 Å². The largest absolute Gasteiger partial charge is 0.435 e. The zero-order chi connectivity index (χ0) is 16.6. The van der Waals surface area contributed by atoms with Gasteiger partial charge in [0.1, 0.15) is 5.75 Å². The van der Waals surface area contributed by atoms with Gasteiger partial charge in [0.25, 0.3) is 5.91 Å². The summed E-state index contributed by atoms with van der Waals surface area (Å²) in [6.45, 7) is 3.39. The summed E-state index contributed by atoms with van der Waals surface area (Å²) in [7, 11) is 0. The minimum absolute atomic E-state index is 0.0151. The molecule has 3 fully saturated rings. The minimum Gasteiger partial charge on any atom is -0.435 e. The molecule has 1 aromatic rings. The molecule has 4 nitrogen and oxygen atoms in total. The molecule has 3 atom stereocenters. The molecular weight excluding hydrogens is 302 g/mol. The third-order valence-electron chi connectivity index (χ3n) is 5.00. The first kappa shape index (κ1) is 16.2. The predicted octanol–water partition coefficient (Wildman–Crippen LogP) is 2.99. The number of halogens is 2. The van der Waals surface area contributed by atoms with E-state index in [2.05, 4.69) is 23.5 Å². The first-order valence-corrected chi connectivity index (χ1v) is 8.11. The lowest BCUT2D eigenvalue weighted by atomic mass is 9.85. The van der Waals surface area contributed by atoms with Crippen LogP contribution >= 0.6 is 0 Å². The molecule has 0 saturated carbocycles. The number of carbonyl (C=O) groups is 1. The van der Waals surface area contributed by atoms with Crippen molar-refractivity contribution >= 4 is 5.91 Å². The molecule has 3 unspecified atom stereocenters. The van der Waals surface area contributed by atoms with Gasteiger partial charge in [-0.1, -0.05) is 6.92 Å². The number of rotatable bonds is 5. The van der Waals surface area contributed by atoms with Crippen LogP contribution in [0.4, 0.5) is 8.78 Å². The van der Waals surface area contributed by atoms with E-state index in [9.17, 15) is 13.6 Å². The highest BCUT2D eigenvalue weighted by atomic mass is 19.3. The van der Waals surface area contributed by atoms with Gasteiger partial charge in [-0.25, -0.2) is 0 Å². The Morgan fingerprint density at radius 3 is 2.39 bits per heavy atom. The number of hydrogen-bond donors (Lipinski definition) is 0. The standard InChI is InChI=1S/C17H22F2N2O2/c1-3-11(2)20-9-13-8-14(10-20)21(13)16(22)12-4-6-15(7-5-12)23-17(18)19/h4-7,11,13-14,17H,3,8-10H2,1-2H3. The maximum Gasteiger partial charge on any atom is 0.387 e. The summed E-state index contributed by atoms with van der Waals surface area (Å²) in [5, 5.41) is 0. The fraction of sp³-hybridized carbons (Fsp3) is 0.588. The molecule has 6 heteroatoms. The molecule has 2 bridgehead atoms. The van der Waals surface area contributed by atoms with Gasteiger partial charge in [-0.2, -0.15) is 8.78 Å². The zero-order valence-electron chi connectivity index (χ0n) is 13.4. The maximum absolute atomic E-state index is 12.6. The summed E-state index contributed by atoms with van der Waals surface area (Å²) < 4.78 is 28.6. The molecule has 0 radical (unpaired) electrons. The van der Waals surface area contributed by atoms with Crippen molar-refractivity contribution in [2.45, 2.75) is 51.4 Å². The molecule has 3 heterocycles. The van der Waals surface area contributed by atoms with Gasteiger partial charge in [-0.15, -0.1) is 0 Å². The van der Waals surface area contributed by atoms with Crippen LogP contribution in [0.3, 0.4) is 0 Å². The van der Waals surface area contributed by atoms with Crippen LogP contribution in [0.1, 0.15) is 37.0 Å². The molecule has 4 rings (SSSR count). The summed E-state index contributed by atoms with van der Waals surface area (Å²) in [5.41, 5.74) is 0.526. The second kappa shape index (κ2) is 6.43. The van der Waals surface area contributed by atoms with Crippen LogP contribution in [-0.2, 0) is 0 Å². The van der Waals surface area contributed by atoms with Crippen molar-refractivity contribution in [3.05, 3.63) is 29.8 Å². The molecular formula is C17H22F2N2O2. The number of fused-ring (bicyclic) bond motifs is 2. The third kappa shape index (κ3) is 3.17. The van der Waals surface area contributed by atoms with Gasteiger partial charge in [0.15, 0.2) is 0 Å². The van der Waals surface area contributed by atoms with Crippen molar-refractivity contribution in [2.75, 3.05) is 13.1 Å². The molecule has 3 saturated heterocycles. The van der Waals surface area contributed by atoms with Crippen molar-refractivity contribution in [1.29, 1.82) is 0 Å². The molecule has 23 heavy (non-hydrogen) atoms. The molecule has 3 aliphatic rings. The van der Waals surface area contributed by atoms with E-state index in [0.717, 1.165) is 25.9 Å². The predicted molar refractivity (Wildman–Crippen MR) is 82.8 cm³/mol. The van der Waals surface area contributed by atoms with Gasteiger partial charge < -0.3 is 9.64 Å². The van der Waals surface area contributed by atoms with Gasteiger partial charge in [-0.05, 0) is 44.0 Å². The second-order valence-electron chi connectivity index (χ2n) is 6.37. The molecule has 0 aromatic heterocycles. The lowest BCUT2D eigenvalue weighted by Crippen LogP contribution is -2.71. The number of hydrogen-bond acceptors (Lipinski definition) is 3. The topological polar surface area (TPSA) is 32.8 Å². The van der Waals surface area contributed by atoms with Gasteiger partial charge in [0.05, 0.1) is 0 Å². The van der Waals surface area contributed by atoms with Crippen molar-refractivity contribution in [1.82, 2.24) is 9.80 Å². The van der Waals surface area contributed by atoms with Crippen molar-refractivity contribution in [3.63, 3.8) is 0 Å². The molecule has 3 aliphatic heterocycles. The van der Waals surface area contributed by atoms with Crippen molar-refractivity contribution in [2.24, 2.45) is 0 Å². The zero-order valence-corrected chi connectivity index (χ0v) is 13.4. The van der Waals surface area contributed by atoms with Crippen LogP contribution in [0.25, 0.3) is 0 Å². The third-order valence-corrected chi connectivity index (χ3v) is 5.00. The van der Waals surface area contributed by atoms with E-state index in [1.165, 1.54) is 12.1 Å². The number of piperazine rings is 1.